The van der Waals surface area contributed by atoms with Gasteiger partial charge in [0, 0.05) is 11.8 Å². The van der Waals surface area contributed by atoms with Gasteiger partial charge in [-0.2, -0.15) is 0 Å². The maximum Gasteiger partial charge on any atom is 0.316 e. The van der Waals surface area contributed by atoms with Crippen LogP contribution < -0.4 is 10.5 Å². The SMILES string of the molecule is COc1ccc(C(CN)SCC(=O)OC(C)(C)C)cc1. The Morgan fingerprint density at radius 1 is 1.30 bits per heavy atom. The summed E-state index contributed by atoms with van der Waals surface area (Å²) in [6, 6.07) is 7.73. The minimum atomic E-state index is -0.448. The highest BCUT2D eigenvalue weighted by Gasteiger charge is 2.18. The summed E-state index contributed by atoms with van der Waals surface area (Å²) in [4.78, 5) is 11.7. The lowest BCUT2D eigenvalue weighted by atomic mass is 10.1. The third-order valence-electron chi connectivity index (χ3n) is 2.52. The standard InChI is InChI=1S/C15H23NO3S/c1-15(2,3)19-14(17)10-20-13(9-16)11-5-7-12(18-4)8-6-11/h5-8,13H,9-10,16H2,1-4H3. The molecule has 5 heteroatoms. The minimum Gasteiger partial charge on any atom is -0.497 e. The van der Waals surface area contributed by atoms with Crippen LogP contribution >= 0.6 is 11.8 Å². The lowest BCUT2D eigenvalue weighted by Crippen LogP contribution is -2.25. The van der Waals surface area contributed by atoms with Gasteiger partial charge in [-0.25, -0.2) is 0 Å². The number of hydrogen-bond acceptors (Lipinski definition) is 5. The zero-order chi connectivity index (χ0) is 15.2. The van der Waals surface area contributed by atoms with Gasteiger partial charge in [0.05, 0.1) is 12.9 Å². The second-order valence-electron chi connectivity index (χ2n) is 5.39. The van der Waals surface area contributed by atoms with E-state index in [4.69, 9.17) is 15.2 Å². The summed E-state index contributed by atoms with van der Waals surface area (Å²) in [7, 11) is 1.63. The van der Waals surface area contributed by atoms with E-state index < -0.39 is 5.60 Å². The molecular weight excluding hydrogens is 274 g/mol. The lowest BCUT2D eigenvalue weighted by Gasteiger charge is -2.20. The summed E-state index contributed by atoms with van der Waals surface area (Å²) in [5.41, 5.74) is 6.42. The second-order valence-corrected chi connectivity index (χ2v) is 6.59. The van der Waals surface area contributed by atoms with E-state index in [0.29, 0.717) is 12.3 Å². The van der Waals surface area contributed by atoms with E-state index >= 15 is 0 Å². The van der Waals surface area contributed by atoms with E-state index in [1.54, 1.807) is 7.11 Å². The van der Waals surface area contributed by atoms with Crippen molar-refractivity contribution in [2.45, 2.75) is 31.6 Å². The zero-order valence-corrected chi connectivity index (χ0v) is 13.3. The molecule has 0 saturated carbocycles. The van der Waals surface area contributed by atoms with Gasteiger partial charge in [-0.15, -0.1) is 11.8 Å². The Morgan fingerprint density at radius 3 is 2.35 bits per heavy atom. The van der Waals surface area contributed by atoms with Crippen molar-refractivity contribution in [1.82, 2.24) is 0 Å². The van der Waals surface area contributed by atoms with Gasteiger partial charge >= 0.3 is 5.97 Å². The predicted molar refractivity (Wildman–Crippen MR) is 83.1 cm³/mol. The molecule has 1 atom stereocenters. The smallest absolute Gasteiger partial charge is 0.316 e. The van der Waals surface area contributed by atoms with Crippen LogP contribution in [0.15, 0.2) is 24.3 Å². The monoisotopic (exact) mass is 297 g/mol. The molecule has 4 nitrogen and oxygen atoms in total. The van der Waals surface area contributed by atoms with Gasteiger partial charge in [0.2, 0.25) is 0 Å². The average Bonchev–Trinajstić information content (AvgIpc) is 2.38. The summed E-state index contributed by atoms with van der Waals surface area (Å²) in [6.45, 7) is 6.05. The molecule has 2 N–H and O–H groups in total. The van der Waals surface area contributed by atoms with Gasteiger partial charge in [-0.05, 0) is 38.5 Å². The van der Waals surface area contributed by atoms with E-state index in [9.17, 15) is 4.79 Å². The molecule has 1 rings (SSSR count). The third-order valence-corrected chi connectivity index (χ3v) is 3.79. The van der Waals surface area contributed by atoms with Gasteiger partial charge < -0.3 is 15.2 Å². The Hall–Kier alpha value is -1.20. The van der Waals surface area contributed by atoms with Crippen molar-refractivity contribution in [2.75, 3.05) is 19.4 Å². The molecule has 1 aromatic carbocycles. The first kappa shape index (κ1) is 16.9. The number of methoxy groups -OCH3 is 1. The van der Waals surface area contributed by atoms with Crippen molar-refractivity contribution in [3.8, 4) is 5.75 Å². The van der Waals surface area contributed by atoms with Crippen LogP contribution in [0.3, 0.4) is 0 Å². The number of carbonyl (C=O) groups excluding carboxylic acids is 1. The summed E-state index contributed by atoms with van der Waals surface area (Å²) in [6.07, 6.45) is 0. The number of nitrogens with two attached hydrogens (primary N) is 1. The second kappa shape index (κ2) is 7.55. The highest BCUT2D eigenvalue weighted by Crippen LogP contribution is 2.29. The van der Waals surface area contributed by atoms with E-state index in [-0.39, 0.29) is 11.2 Å². The normalized spacial score (nSPS) is 12.8. The predicted octanol–water partition coefficient (Wildman–Crippen LogP) is 2.77. The molecule has 0 aliphatic rings. The number of esters is 1. The molecule has 0 aliphatic heterocycles. The molecule has 1 aromatic rings. The van der Waals surface area contributed by atoms with Gasteiger partial charge in [-0.3, -0.25) is 4.79 Å². The fraction of sp³-hybridized carbons (Fsp3) is 0.533. The van der Waals surface area contributed by atoms with Crippen LogP contribution in [-0.2, 0) is 9.53 Å². The number of thioether (sulfide) groups is 1. The fourth-order valence-electron chi connectivity index (χ4n) is 1.66. The summed E-state index contributed by atoms with van der Waals surface area (Å²) in [5, 5.41) is 0.0772. The largest absolute Gasteiger partial charge is 0.497 e. The van der Waals surface area contributed by atoms with Gasteiger partial charge in [0.25, 0.3) is 0 Å². The van der Waals surface area contributed by atoms with Crippen molar-refractivity contribution < 1.29 is 14.3 Å². The van der Waals surface area contributed by atoms with E-state index in [1.807, 2.05) is 45.0 Å². The topological polar surface area (TPSA) is 61.5 Å². The van der Waals surface area contributed by atoms with Crippen molar-refractivity contribution >= 4 is 17.7 Å². The van der Waals surface area contributed by atoms with Gasteiger partial charge in [0.15, 0.2) is 0 Å². The quantitative estimate of drug-likeness (QED) is 0.818. The summed E-state index contributed by atoms with van der Waals surface area (Å²) < 4.78 is 10.4. The molecule has 20 heavy (non-hydrogen) atoms. The highest BCUT2D eigenvalue weighted by molar-refractivity contribution is 8.00. The van der Waals surface area contributed by atoms with Gasteiger partial charge in [0.1, 0.15) is 11.4 Å². The molecule has 0 aliphatic carbocycles. The summed E-state index contributed by atoms with van der Waals surface area (Å²) in [5.74, 6) is 0.890. The number of benzene rings is 1. The van der Waals surface area contributed by atoms with Crippen LogP contribution in [0.25, 0.3) is 0 Å². The fourth-order valence-corrected chi connectivity index (χ4v) is 2.54. The minimum absolute atomic E-state index is 0.0772. The van der Waals surface area contributed by atoms with Crippen molar-refractivity contribution in [3.05, 3.63) is 29.8 Å². The molecule has 0 aromatic heterocycles. The maximum atomic E-state index is 11.7. The number of ether oxygens (including phenoxy) is 2. The van der Waals surface area contributed by atoms with Crippen LogP contribution in [0.2, 0.25) is 0 Å². The Kier molecular flexibility index (Phi) is 6.36. The zero-order valence-electron chi connectivity index (χ0n) is 12.5. The van der Waals surface area contributed by atoms with Crippen molar-refractivity contribution in [2.24, 2.45) is 5.73 Å². The molecule has 0 saturated heterocycles. The van der Waals surface area contributed by atoms with E-state index in [0.717, 1.165) is 11.3 Å². The average molecular weight is 297 g/mol. The highest BCUT2D eigenvalue weighted by atomic mass is 32.2. The molecule has 0 heterocycles. The maximum absolute atomic E-state index is 11.7. The molecule has 1 unspecified atom stereocenters. The molecule has 0 radical (unpaired) electrons. The Bertz CT molecular complexity index is 426. The van der Waals surface area contributed by atoms with Crippen LogP contribution in [0, 0.1) is 0 Å². The number of carbonyl (C=O) groups is 1. The first-order chi connectivity index (χ1) is 9.35. The third kappa shape index (κ3) is 5.84. The Morgan fingerprint density at radius 2 is 1.90 bits per heavy atom. The molecule has 112 valence electrons. The van der Waals surface area contributed by atoms with Crippen LogP contribution in [0.4, 0.5) is 0 Å². The Labute approximate surface area is 125 Å². The molecular formula is C15H23NO3S. The lowest BCUT2D eigenvalue weighted by molar-refractivity contribution is -0.151. The van der Waals surface area contributed by atoms with Gasteiger partial charge in [-0.1, -0.05) is 12.1 Å². The van der Waals surface area contributed by atoms with Crippen LogP contribution in [0.1, 0.15) is 31.6 Å². The van der Waals surface area contributed by atoms with E-state index in [1.165, 1.54) is 11.8 Å². The molecule has 0 spiro atoms. The number of hydrogen-bond donors (Lipinski definition) is 1. The first-order valence-electron chi connectivity index (χ1n) is 6.53. The first-order valence-corrected chi connectivity index (χ1v) is 7.58. The number of rotatable bonds is 6. The summed E-state index contributed by atoms with van der Waals surface area (Å²) >= 11 is 1.50. The van der Waals surface area contributed by atoms with Crippen LogP contribution in [-0.4, -0.2) is 31.0 Å². The van der Waals surface area contributed by atoms with Crippen molar-refractivity contribution in [1.29, 1.82) is 0 Å². The van der Waals surface area contributed by atoms with Crippen LogP contribution in [0.5, 0.6) is 5.75 Å². The molecule has 0 amide bonds. The molecule has 0 bridgehead atoms. The van der Waals surface area contributed by atoms with E-state index in [2.05, 4.69) is 0 Å². The Balaban J connectivity index is 2.56. The molecule has 0 fully saturated rings. The van der Waals surface area contributed by atoms with Crippen molar-refractivity contribution in [3.63, 3.8) is 0 Å².